The summed E-state index contributed by atoms with van der Waals surface area (Å²) in [5, 5.41) is 18.5. The SMILES string of the molecule is N#CC(C#N)=c1sc(=Cc2ccccc2C(F)(F)F)c(=O)n1Cc1ccccc1. The highest BCUT2D eigenvalue weighted by Gasteiger charge is 2.32. The van der Waals surface area contributed by atoms with Gasteiger partial charge in [-0.1, -0.05) is 48.5 Å². The van der Waals surface area contributed by atoms with E-state index in [1.54, 1.807) is 42.5 Å². The Morgan fingerprint density at radius 1 is 1.03 bits per heavy atom. The highest BCUT2D eigenvalue weighted by atomic mass is 32.1. The number of hydrogen-bond acceptors (Lipinski definition) is 4. The van der Waals surface area contributed by atoms with Crippen molar-refractivity contribution in [2.45, 2.75) is 12.7 Å². The molecular formula is C21H12F3N3OS. The van der Waals surface area contributed by atoms with Crippen LogP contribution in [0.1, 0.15) is 16.7 Å². The molecule has 0 atom stereocenters. The van der Waals surface area contributed by atoms with Crippen LogP contribution in [0.3, 0.4) is 0 Å². The van der Waals surface area contributed by atoms with E-state index in [9.17, 15) is 28.5 Å². The van der Waals surface area contributed by atoms with Gasteiger partial charge in [-0.15, -0.1) is 11.3 Å². The van der Waals surface area contributed by atoms with Crippen molar-refractivity contribution >= 4 is 23.0 Å². The molecule has 0 unspecified atom stereocenters. The third kappa shape index (κ3) is 4.29. The standard InChI is InChI=1S/C21H12F3N3OS/c22-21(23,24)17-9-5-4-8-15(17)10-18-19(28)27(13-14-6-2-1-3-7-14)20(29-18)16(11-25)12-26/h1-10H,13H2. The van der Waals surface area contributed by atoms with Gasteiger partial charge < -0.3 is 0 Å². The average molecular weight is 411 g/mol. The second kappa shape index (κ2) is 8.17. The van der Waals surface area contributed by atoms with Gasteiger partial charge in [-0.2, -0.15) is 23.7 Å². The maximum atomic E-state index is 13.3. The molecule has 0 bridgehead atoms. The Balaban J connectivity index is 2.30. The zero-order valence-corrected chi connectivity index (χ0v) is 15.6. The first-order valence-electron chi connectivity index (χ1n) is 8.31. The molecule has 0 N–H and O–H groups in total. The summed E-state index contributed by atoms with van der Waals surface area (Å²) < 4.78 is 41.2. The minimum absolute atomic E-state index is 0.00984. The number of nitrogens with zero attached hydrogens (tertiary/aromatic N) is 3. The fourth-order valence-electron chi connectivity index (χ4n) is 2.76. The van der Waals surface area contributed by atoms with Crippen LogP contribution in [0.5, 0.6) is 0 Å². The molecule has 0 fully saturated rings. The number of nitriles is 2. The van der Waals surface area contributed by atoms with Crippen molar-refractivity contribution in [2.24, 2.45) is 0 Å². The molecule has 0 spiro atoms. The van der Waals surface area contributed by atoms with E-state index >= 15 is 0 Å². The second-order valence-electron chi connectivity index (χ2n) is 5.98. The molecule has 0 aliphatic carbocycles. The summed E-state index contributed by atoms with van der Waals surface area (Å²) in [7, 11) is 0. The van der Waals surface area contributed by atoms with E-state index in [-0.39, 0.29) is 26.9 Å². The molecule has 0 amide bonds. The Bertz CT molecular complexity index is 1290. The van der Waals surface area contributed by atoms with Gasteiger partial charge >= 0.3 is 6.18 Å². The largest absolute Gasteiger partial charge is 0.416 e. The summed E-state index contributed by atoms with van der Waals surface area (Å²) in [6.45, 7) is 0.0904. The van der Waals surface area contributed by atoms with Crippen molar-refractivity contribution < 1.29 is 13.2 Å². The molecule has 2 aromatic carbocycles. The molecule has 1 heterocycles. The Hall–Kier alpha value is -3.62. The molecule has 29 heavy (non-hydrogen) atoms. The number of thiazole rings is 1. The van der Waals surface area contributed by atoms with Crippen LogP contribution in [-0.2, 0) is 12.7 Å². The van der Waals surface area contributed by atoms with Crippen molar-refractivity contribution in [1.29, 1.82) is 10.5 Å². The van der Waals surface area contributed by atoms with Gasteiger partial charge in [0.1, 0.15) is 16.8 Å². The molecule has 144 valence electrons. The summed E-state index contributed by atoms with van der Waals surface area (Å²) in [5.74, 6) is 0. The van der Waals surface area contributed by atoms with Gasteiger partial charge in [-0.3, -0.25) is 9.36 Å². The highest BCUT2D eigenvalue weighted by molar-refractivity contribution is 7.07. The lowest BCUT2D eigenvalue weighted by Crippen LogP contribution is -2.32. The quantitative estimate of drug-likeness (QED) is 0.665. The summed E-state index contributed by atoms with van der Waals surface area (Å²) in [4.78, 5) is 12.9. The molecule has 3 rings (SSSR count). The highest BCUT2D eigenvalue weighted by Crippen LogP contribution is 2.32. The van der Waals surface area contributed by atoms with Gasteiger partial charge in [0.05, 0.1) is 16.6 Å². The third-order valence-electron chi connectivity index (χ3n) is 4.08. The Kier molecular flexibility index (Phi) is 5.67. The van der Waals surface area contributed by atoms with E-state index in [4.69, 9.17) is 0 Å². The summed E-state index contributed by atoms with van der Waals surface area (Å²) in [5.41, 5.74) is -1.10. The maximum absolute atomic E-state index is 13.3. The van der Waals surface area contributed by atoms with Crippen molar-refractivity contribution in [3.05, 3.63) is 90.8 Å². The lowest BCUT2D eigenvalue weighted by atomic mass is 10.1. The van der Waals surface area contributed by atoms with Crippen molar-refractivity contribution in [3.8, 4) is 12.1 Å². The first-order chi connectivity index (χ1) is 13.8. The summed E-state index contributed by atoms with van der Waals surface area (Å²) in [6.07, 6.45) is -3.43. The molecule has 0 saturated heterocycles. The van der Waals surface area contributed by atoms with Crippen LogP contribution in [-0.4, -0.2) is 4.57 Å². The van der Waals surface area contributed by atoms with Crippen LogP contribution < -0.4 is 14.8 Å². The fourth-order valence-corrected chi connectivity index (χ4v) is 3.80. The number of aromatic nitrogens is 1. The van der Waals surface area contributed by atoms with Gasteiger partial charge in [0.15, 0.2) is 5.57 Å². The Labute approximate surface area is 167 Å². The van der Waals surface area contributed by atoms with Crippen LogP contribution in [0.2, 0.25) is 0 Å². The molecular weight excluding hydrogens is 399 g/mol. The van der Waals surface area contributed by atoms with E-state index in [0.29, 0.717) is 0 Å². The Morgan fingerprint density at radius 2 is 1.66 bits per heavy atom. The number of benzene rings is 2. The average Bonchev–Trinajstić information content (AvgIpc) is 2.99. The monoisotopic (exact) mass is 411 g/mol. The van der Waals surface area contributed by atoms with Crippen LogP contribution in [0, 0.1) is 22.7 Å². The van der Waals surface area contributed by atoms with Crippen LogP contribution in [0.15, 0.2) is 59.4 Å². The first kappa shape index (κ1) is 20.1. The van der Waals surface area contributed by atoms with Crippen molar-refractivity contribution in [1.82, 2.24) is 4.57 Å². The zero-order valence-electron chi connectivity index (χ0n) is 14.8. The molecule has 0 aliphatic rings. The topological polar surface area (TPSA) is 69.6 Å². The van der Waals surface area contributed by atoms with Crippen molar-refractivity contribution in [2.75, 3.05) is 0 Å². The number of halogens is 3. The normalized spacial score (nSPS) is 11.7. The molecule has 1 aromatic heterocycles. The van der Waals surface area contributed by atoms with Crippen LogP contribution in [0.4, 0.5) is 13.2 Å². The first-order valence-corrected chi connectivity index (χ1v) is 9.13. The maximum Gasteiger partial charge on any atom is 0.416 e. The van der Waals surface area contributed by atoms with Gasteiger partial charge in [0.2, 0.25) is 0 Å². The van der Waals surface area contributed by atoms with E-state index in [1.165, 1.54) is 22.8 Å². The van der Waals surface area contributed by atoms with Crippen LogP contribution in [0.25, 0.3) is 11.6 Å². The molecule has 3 aromatic rings. The Morgan fingerprint density at radius 3 is 2.28 bits per heavy atom. The lowest BCUT2D eigenvalue weighted by Gasteiger charge is -2.09. The van der Waals surface area contributed by atoms with Crippen LogP contribution >= 0.6 is 11.3 Å². The minimum Gasteiger partial charge on any atom is -0.293 e. The third-order valence-corrected chi connectivity index (χ3v) is 5.21. The van der Waals surface area contributed by atoms with E-state index in [0.717, 1.165) is 29.0 Å². The summed E-state index contributed by atoms with van der Waals surface area (Å²) in [6, 6.07) is 17.3. The summed E-state index contributed by atoms with van der Waals surface area (Å²) >= 11 is 0.822. The number of rotatable bonds is 3. The van der Waals surface area contributed by atoms with Crippen molar-refractivity contribution in [3.63, 3.8) is 0 Å². The minimum atomic E-state index is -4.58. The zero-order chi connectivity index (χ0) is 21.0. The fraction of sp³-hybridized carbons (Fsp3) is 0.0952. The van der Waals surface area contributed by atoms with E-state index in [2.05, 4.69) is 0 Å². The van der Waals surface area contributed by atoms with Gasteiger partial charge in [-0.25, -0.2) is 0 Å². The molecule has 0 aliphatic heterocycles. The molecule has 8 heteroatoms. The van der Waals surface area contributed by atoms with Gasteiger partial charge in [0, 0.05) is 0 Å². The predicted octanol–water partition coefficient (Wildman–Crippen LogP) is 3.00. The van der Waals surface area contributed by atoms with Gasteiger partial charge in [0.25, 0.3) is 5.56 Å². The number of alkyl halides is 3. The molecule has 4 nitrogen and oxygen atoms in total. The second-order valence-corrected chi connectivity index (χ2v) is 7.01. The number of hydrogen-bond donors (Lipinski definition) is 0. The van der Waals surface area contributed by atoms with Gasteiger partial charge in [-0.05, 0) is 23.3 Å². The smallest absolute Gasteiger partial charge is 0.293 e. The lowest BCUT2D eigenvalue weighted by molar-refractivity contribution is -0.137. The predicted molar refractivity (Wildman–Crippen MR) is 103 cm³/mol. The van der Waals surface area contributed by atoms with E-state index in [1.807, 2.05) is 0 Å². The molecule has 0 saturated carbocycles. The molecule has 0 radical (unpaired) electrons. The van der Waals surface area contributed by atoms with E-state index < -0.39 is 17.3 Å².